The molecule has 0 unspecified atom stereocenters. The smallest absolute Gasteiger partial charge is 0.332 e. The molecule has 0 radical (unpaired) electrons. The maximum atomic E-state index is 11.5. The van der Waals surface area contributed by atoms with E-state index in [2.05, 4.69) is 131 Å². The van der Waals surface area contributed by atoms with Gasteiger partial charge in [0.15, 0.2) is 28.1 Å². The Hall–Kier alpha value is -9.89. The van der Waals surface area contributed by atoms with Gasteiger partial charge in [-0.2, -0.15) is 4.98 Å². The van der Waals surface area contributed by atoms with E-state index < -0.39 is 11.2 Å². The van der Waals surface area contributed by atoms with Gasteiger partial charge in [-0.25, -0.2) is 59.1 Å². The molecule has 1 aliphatic rings. The number of amides is 1. The van der Waals surface area contributed by atoms with Crippen LogP contribution in [0, 0.1) is 48.5 Å². The van der Waals surface area contributed by atoms with Crippen LogP contribution in [0.1, 0.15) is 206 Å². The number of ketones is 1. The first kappa shape index (κ1) is 75.6. The van der Waals surface area contributed by atoms with Gasteiger partial charge in [-0.1, -0.05) is 14.0 Å². The lowest BCUT2D eigenvalue weighted by atomic mass is 10.1. The van der Waals surface area contributed by atoms with Crippen LogP contribution >= 0.6 is 0 Å². The molecule has 502 valence electrons. The van der Waals surface area contributed by atoms with Crippen molar-refractivity contribution in [3.63, 3.8) is 0 Å². The van der Waals surface area contributed by atoms with Crippen molar-refractivity contribution in [2.75, 3.05) is 0 Å². The summed E-state index contributed by atoms with van der Waals surface area (Å²) in [6.45, 7) is 50.9. The van der Waals surface area contributed by atoms with Crippen molar-refractivity contribution in [1.82, 2.24) is 108 Å². The van der Waals surface area contributed by atoms with Crippen LogP contribution in [-0.2, 0) is 10.3 Å². The molecule has 0 fully saturated rings. The topological polar surface area (TPSA) is 336 Å². The largest absolute Gasteiger partial charge is 0.348 e. The van der Waals surface area contributed by atoms with E-state index in [0.717, 1.165) is 62.1 Å². The Bertz CT molecular complexity index is 4420. The van der Waals surface area contributed by atoms with Crippen molar-refractivity contribution in [3.8, 4) is 0 Å². The normalized spacial score (nSPS) is 12.1. The SMILES string of the molecule is C.C=C1NC(=O)C(C)=CN1C(C)C.CC(=O)c1ncn(C(C)C)n1.CC(C)(C)n1cnc2c(=O)[nH]c(=O)[nH]c21.Cc1cn(C(C)C)c(=O)nc1C.Cc1nc(C)c2ccn(C(C)C)c2n1.Cc1nc(C)c2ncn(C(C)C)c2n1.Cc1nc2c(ncn2C(C)C)c(=O)[nH]1. The zero-order valence-electron chi connectivity index (χ0n) is 57.8. The molecule has 0 bridgehead atoms. The average Bonchev–Trinajstić information content (AvgIpc) is 1.76. The van der Waals surface area contributed by atoms with Crippen molar-refractivity contribution in [2.24, 2.45) is 0 Å². The second-order valence-electron chi connectivity index (χ2n) is 24.8. The third-order valence-electron chi connectivity index (χ3n) is 14.1. The van der Waals surface area contributed by atoms with E-state index in [1.807, 2.05) is 146 Å². The van der Waals surface area contributed by atoms with E-state index in [9.17, 15) is 28.8 Å². The molecule has 0 aromatic carbocycles. The van der Waals surface area contributed by atoms with Crippen LogP contribution in [-0.4, -0.2) is 120 Å². The summed E-state index contributed by atoms with van der Waals surface area (Å²) in [6, 6.07) is 3.95. The van der Waals surface area contributed by atoms with Gasteiger partial charge in [-0.15, -0.1) is 5.10 Å². The van der Waals surface area contributed by atoms with Crippen LogP contribution in [0.25, 0.3) is 44.5 Å². The first-order valence-electron chi connectivity index (χ1n) is 30.4. The molecule has 0 saturated heterocycles. The van der Waals surface area contributed by atoms with E-state index >= 15 is 0 Å². The van der Waals surface area contributed by atoms with Gasteiger partial charge in [0.1, 0.15) is 46.4 Å². The second kappa shape index (κ2) is 31.9. The van der Waals surface area contributed by atoms with Gasteiger partial charge < -0.3 is 33.5 Å². The van der Waals surface area contributed by atoms with E-state index in [0.29, 0.717) is 52.4 Å². The Morgan fingerprint density at radius 3 is 1.59 bits per heavy atom. The predicted octanol–water partition coefficient (Wildman–Crippen LogP) is 10.2. The van der Waals surface area contributed by atoms with Crippen LogP contribution in [0.2, 0.25) is 0 Å². The van der Waals surface area contributed by atoms with E-state index in [4.69, 9.17) is 0 Å². The number of H-pyrrole nitrogens is 3. The van der Waals surface area contributed by atoms with Gasteiger partial charge in [0, 0.05) is 84.0 Å². The first-order valence-corrected chi connectivity index (χ1v) is 30.4. The molecule has 1 aliphatic heterocycles. The van der Waals surface area contributed by atoms with Crippen LogP contribution in [0.3, 0.4) is 0 Å². The maximum absolute atomic E-state index is 11.5. The summed E-state index contributed by atoms with van der Waals surface area (Å²) in [4.78, 5) is 118. The molecule has 0 atom stereocenters. The molecular formula is C65H96N22O6. The van der Waals surface area contributed by atoms with Crippen molar-refractivity contribution in [2.45, 2.75) is 215 Å². The summed E-state index contributed by atoms with van der Waals surface area (Å²) in [5.74, 6) is 3.05. The highest BCUT2D eigenvalue weighted by molar-refractivity contribution is 5.94. The molecule has 11 rings (SSSR count). The number of rotatable bonds is 7. The number of hydrogen-bond acceptors (Lipinski definition) is 18. The summed E-state index contributed by atoms with van der Waals surface area (Å²) in [7, 11) is 0. The lowest BCUT2D eigenvalue weighted by molar-refractivity contribution is -0.117. The third kappa shape index (κ3) is 19.3. The summed E-state index contributed by atoms with van der Waals surface area (Å²) < 4.78 is 11.2. The molecule has 0 saturated carbocycles. The van der Waals surface area contributed by atoms with Gasteiger partial charge in [0.2, 0.25) is 5.82 Å². The van der Waals surface area contributed by atoms with E-state index in [1.54, 1.807) is 46.6 Å². The van der Waals surface area contributed by atoms with Gasteiger partial charge in [-0.3, -0.25) is 33.7 Å². The minimum atomic E-state index is -0.515. The molecule has 10 aromatic heterocycles. The number of aryl methyl sites for hydroxylation is 7. The van der Waals surface area contributed by atoms with Gasteiger partial charge in [0.25, 0.3) is 17.0 Å². The Labute approximate surface area is 542 Å². The van der Waals surface area contributed by atoms with E-state index in [1.165, 1.54) is 6.92 Å². The summed E-state index contributed by atoms with van der Waals surface area (Å²) in [5.41, 5.74) is 7.72. The Morgan fingerprint density at radius 2 is 1.08 bits per heavy atom. The number of imidazole rings is 3. The number of fused-ring (bicyclic) bond motifs is 4. The fourth-order valence-corrected chi connectivity index (χ4v) is 8.97. The van der Waals surface area contributed by atoms with Gasteiger partial charge in [0.05, 0.1) is 30.4 Å². The second-order valence-corrected chi connectivity index (χ2v) is 24.8. The standard InChI is InChI=1S/C11H15N3.C10H14N4.C9H12N4O2.C9H12N4O.2C9H14N2O.C7H11N3O.CH4/c1-7(2)14-6-5-10-8(3)12-9(4)13-11(10)14;1-6(2)14-5-11-9-7(3)12-8(4)13-10(9)14;1-9(2,3)13-4-10-5-6(13)11-8(15)12-7(5)14;1-5(2)13-4-10-7-8(13)11-6(3)12-9(7)14;1-6(2)11-5-7(3)9(12)10-8(11)4;1-6(2)11-5-7(3)8(4)10-9(11)12;1-5(2)10-4-8-7(9-10)6(3)11;/h5-7H,1-4H3;5-6H,1-4H3;4H,1-3H3,(H2,11,12,14,15);4-5H,1-3H3,(H,11,12,14);5-6H,4H2,1-3H3,(H,10,12);5-6H,1-4H3;4-5H,1-3H3;1H4. The third-order valence-corrected chi connectivity index (χ3v) is 14.1. The van der Waals surface area contributed by atoms with E-state index in [-0.39, 0.29) is 59.5 Å². The number of Topliss-reactive ketones (excluding diaryl/α,β-unsaturated/α-hetero) is 1. The molecule has 28 heteroatoms. The molecule has 4 N–H and O–H groups in total. The highest BCUT2D eigenvalue weighted by Gasteiger charge is 2.21. The Balaban J connectivity index is 0.000000231. The highest BCUT2D eigenvalue weighted by atomic mass is 16.2. The molecule has 10 aromatic rings. The number of carbonyl (C=O) groups excluding carboxylic acids is 2. The predicted molar refractivity (Wildman–Crippen MR) is 365 cm³/mol. The molecule has 1 amide bonds. The van der Waals surface area contributed by atoms with Crippen LogP contribution < -0.4 is 27.8 Å². The Morgan fingerprint density at radius 1 is 0.548 bits per heavy atom. The zero-order valence-corrected chi connectivity index (χ0v) is 57.8. The molecule has 11 heterocycles. The summed E-state index contributed by atoms with van der Waals surface area (Å²) in [5, 5.41) is 7.81. The molecule has 0 spiro atoms. The fourth-order valence-electron chi connectivity index (χ4n) is 8.97. The summed E-state index contributed by atoms with van der Waals surface area (Å²) >= 11 is 0. The van der Waals surface area contributed by atoms with Gasteiger partial charge in [-0.05, 0) is 171 Å². The van der Waals surface area contributed by atoms with Crippen molar-refractivity contribution < 1.29 is 9.59 Å². The van der Waals surface area contributed by atoms with Crippen molar-refractivity contribution in [3.05, 3.63) is 156 Å². The molecular weight excluding hydrogens is 1180 g/mol. The van der Waals surface area contributed by atoms with Crippen LogP contribution in [0.15, 0.2) is 87.1 Å². The number of nitrogens with zero attached hydrogens (tertiary/aromatic N) is 18. The molecule has 0 aliphatic carbocycles. The van der Waals surface area contributed by atoms with Crippen molar-refractivity contribution >= 4 is 56.2 Å². The fraction of sp³-hybridized carbons (Fsp3) is 0.492. The highest BCUT2D eigenvalue weighted by Crippen LogP contribution is 2.22. The minimum Gasteiger partial charge on any atom is -0.332 e. The Kier molecular flexibility index (Phi) is 25.9. The number of aromatic amines is 3. The van der Waals surface area contributed by atoms with Crippen LogP contribution in [0.4, 0.5) is 0 Å². The number of nitrogens with one attached hydrogen (secondary N) is 4. The molecule has 28 nitrogen and oxygen atoms in total. The lowest BCUT2D eigenvalue weighted by Gasteiger charge is -2.31. The minimum absolute atomic E-state index is 0. The average molecular weight is 1280 g/mol. The van der Waals surface area contributed by atoms with Crippen LogP contribution in [0.5, 0.6) is 0 Å². The monoisotopic (exact) mass is 1280 g/mol. The van der Waals surface area contributed by atoms with Gasteiger partial charge >= 0.3 is 11.4 Å². The zero-order chi connectivity index (χ0) is 69.1. The van der Waals surface area contributed by atoms with Crippen molar-refractivity contribution in [1.29, 1.82) is 0 Å². The molecule has 93 heavy (non-hydrogen) atoms. The summed E-state index contributed by atoms with van der Waals surface area (Å²) in [6.07, 6.45) is 12.4. The first-order chi connectivity index (χ1) is 42.8. The number of aromatic nitrogens is 20. The number of carbonyl (C=O) groups is 2. The maximum Gasteiger partial charge on any atom is 0.348 e. The quantitative estimate of drug-likeness (QED) is 0.108. The lowest BCUT2D eigenvalue weighted by Crippen LogP contribution is -2.40. The number of hydrogen-bond donors (Lipinski definition) is 4.